The van der Waals surface area contributed by atoms with Crippen molar-refractivity contribution in [1.82, 2.24) is 9.78 Å². The third kappa shape index (κ3) is 3.35. The number of aromatic nitrogens is 2. The molecule has 1 aromatic heterocycles. The van der Waals surface area contributed by atoms with Crippen LogP contribution in [0.3, 0.4) is 0 Å². The van der Waals surface area contributed by atoms with Crippen molar-refractivity contribution in [2.45, 2.75) is 31.2 Å². The molecule has 2 aliphatic rings. The first-order valence-electron chi connectivity index (χ1n) is 8.39. The van der Waals surface area contributed by atoms with Crippen molar-refractivity contribution in [2.24, 2.45) is 0 Å². The van der Waals surface area contributed by atoms with Gasteiger partial charge >= 0.3 is 0 Å². The lowest BCUT2D eigenvalue weighted by Crippen LogP contribution is -2.17. The summed E-state index contributed by atoms with van der Waals surface area (Å²) in [6.45, 7) is 0. The smallest absolute Gasteiger partial charge is 0.276 e. The predicted molar refractivity (Wildman–Crippen MR) is 90.8 cm³/mol. The van der Waals surface area contributed by atoms with Crippen LogP contribution in [-0.2, 0) is 9.84 Å². The Hall–Kier alpha value is -2.29. The summed E-state index contributed by atoms with van der Waals surface area (Å²) in [4.78, 5) is 12.4. The molecule has 1 saturated carbocycles. The maximum absolute atomic E-state index is 13.3. The SMILES string of the molecule is O=C(Nc1ccc(F)c(F)c1)c1cc(C2CC2)n(C2CCS(=O)(=O)C2)n1. The van der Waals surface area contributed by atoms with E-state index in [1.807, 2.05) is 0 Å². The van der Waals surface area contributed by atoms with Crippen molar-refractivity contribution in [1.29, 1.82) is 0 Å². The van der Waals surface area contributed by atoms with E-state index >= 15 is 0 Å². The summed E-state index contributed by atoms with van der Waals surface area (Å²) in [5.41, 5.74) is 1.13. The minimum absolute atomic E-state index is 0.0264. The molecule has 2 fully saturated rings. The van der Waals surface area contributed by atoms with E-state index in [1.165, 1.54) is 6.07 Å². The van der Waals surface area contributed by atoms with Crippen molar-refractivity contribution >= 4 is 21.4 Å². The Bertz CT molecular complexity index is 983. The van der Waals surface area contributed by atoms with Gasteiger partial charge in [-0.3, -0.25) is 9.48 Å². The van der Waals surface area contributed by atoms with Gasteiger partial charge in [-0.25, -0.2) is 17.2 Å². The van der Waals surface area contributed by atoms with Crippen molar-refractivity contribution in [2.75, 3.05) is 16.8 Å². The number of carbonyl (C=O) groups is 1. The molecule has 0 radical (unpaired) electrons. The van der Waals surface area contributed by atoms with E-state index in [-0.39, 0.29) is 34.8 Å². The molecular formula is C17H17F2N3O3S. The first-order valence-corrected chi connectivity index (χ1v) is 10.2. The van der Waals surface area contributed by atoms with Crippen LogP contribution in [0.25, 0.3) is 0 Å². The molecular weight excluding hydrogens is 364 g/mol. The summed E-state index contributed by atoms with van der Waals surface area (Å²) in [7, 11) is -3.07. The van der Waals surface area contributed by atoms with Gasteiger partial charge < -0.3 is 5.32 Å². The lowest BCUT2D eigenvalue weighted by molar-refractivity contribution is 0.102. The highest BCUT2D eigenvalue weighted by atomic mass is 32.2. The second-order valence-electron chi connectivity index (χ2n) is 6.81. The molecule has 1 N–H and O–H groups in total. The molecule has 1 aliphatic heterocycles. The Kier molecular flexibility index (Phi) is 4.06. The summed E-state index contributed by atoms with van der Waals surface area (Å²) in [5.74, 6) is -2.15. The number of rotatable bonds is 4. The van der Waals surface area contributed by atoms with E-state index in [9.17, 15) is 22.0 Å². The van der Waals surface area contributed by atoms with Crippen molar-refractivity contribution in [3.63, 3.8) is 0 Å². The Morgan fingerprint density at radius 1 is 1.15 bits per heavy atom. The fourth-order valence-corrected chi connectivity index (χ4v) is 4.93. The Balaban J connectivity index is 1.59. The number of anilines is 1. The maximum Gasteiger partial charge on any atom is 0.276 e. The zero-order chi connectivity index (χ0) is 18.5. The lowest BCUT2D eigenvalue weighted by Gasteiger charge is -2.12. The normalized spacial score (nSPS) is 21.7. The average Bonchev–Trinajstić information content (AvgIpc) is 3.22. The maximum atomic E-state index is 13.3. The third-order valence-electron chi connectivity index (χ3n) is 4.72. The quantitative estimate of drug-likeness (QED) is 0.883. The molecule has 2 heterocycles. The molecule has 0 bridgehead atoms. The minimum atomic E-state index is -3.07. The Labute approximate surface area is 149 Å². The van der Waals surface area contributed by atoms with Crippen LogP contribution in [0.5, 0.6) is 0 Å². The second kappa shape index (κ2) is 6.15. The van der Waals surface area contributed by atoms with Crippen LogP contribution < -0.4 is 5.32 Å². The standard InChI is InChI=1S/C17H17F2N3O3S/c18-13-4-3-11(7-14(13)19)20-17(23)15-8-16(10-1-2-10)22(21-15)12-5-6-26(24,25)9-12/h3-4,7-8,10,12H,1-2,5-6,9H2,(H,20,23). The van der Waals surface area contributed by atoms with Gasteiger partial charge in [0.05, 0.1) is 17.5 Å². The Morgan fingerprint density at radius 2 is 1.92 bits per heavy atom. The molecule has 1 amide bonds. The third-order valence-corrected chi connectivity index (χ3v) is 6.47. The van der Waals surface area contributed by atoms with E-state index < -0.39 is 27.4 Å². The monoisotopic (exact) mass is 381 g/mol. The zero-order valence-electron chi connectivity index (χ0n) is 13.8. The van der Waals surface area contributed by atoms with Gasteiger partial charge in [0.2, 0.25) is 0 Å². The van der Waals surface area contributed by atoms with Gasteiger partial charge in [0.1, 0.15) is 0 Å². The first-order chi connectivity index (χ1) is 12.3. The van der Waals surface area contributed by atoms with Crippen LogP contribution >= 0.6 is 0 Å². The molecule has 138 valence electrons. The van der Waals surface area contributed by atoms with Crippen LogP contribution in [0, 0.1) is 11.6 Å². The average molecular weight is 381 g/mol. The van der Waals surface area contributed by atoms with Crippen LogP contribution in [0.2, 0.25) is 0 Å². The fourth-order valence-electron chi connectivity index (χ4n) is 3.23. The van der Waals surface area contributed by atoms with Gasteiger partial charge in [0.25, 0.3) is 5.91 Å². The fraction of sp³-hybridized carbons (Fsp3) is 0.412. The molecule has 1 aromatic carbocycles. The number of hydrogen-bond acceptors (Lipinski definition) is 4. The number of nitrogens with one attached hydrogen (secondary N) is 1. The molecule has 1 aliphatic carbocycles. The highest BCUT2D eigenvalue weighted by molar-refractivity contribution is 7.91. The number of nitrogens with zero attached hydrogens (tertiary/aromatic N) is 2. The highest BCUT2D eigenvalue weighted by Gasteiger charge is 2.36. The molecule has 1 atom stereocenters. The van der Waals surface area contributed by atoms with Crippen LogP contribution in [-0.4, -0.2) is 35.6 Å². The first kappa shape index (κ1) is 17.1. The Morgan fingerprint density at radius 3 is 2.54 bits per heavy atom. The summed E-state index contributed by atoms with van der Waals surface area (Å²) in [6, 6.07) is 4.50. The number of sulfone groups is 1. The number of benzene rings is 1. The molecule has 1 unspecified atom stereocenters. The zero-order valence-corrected chi connectivity index (χ0v) is 14.6. The molecule has 6 nitrogen and oxygen atoms in total. The largest absolute Gasteiger partial charge is 0.320 e. The molecule has 4 rings (SSSR count). The number of halogens is 2. The van der Waals surface area contributed by atoms with Gasteiger partial charge in [-0.1, -0.05) is 0 Å². The van der Waals surface area contributed by atoms with Crippen LogP contribution in [0.1, 0.15) is 47.4 Å². The summed E-state index contributed by atoms with van der Waals surface area (Å²) in [6.07, 6.45) is 2.44. The van der Waals surface area contributed by atoms with Crippen molar-refractivity contribution in [3.05, 3.63) is 47.3 Å². The lowest BCUT2D eigenvalue weighted by atomic mass is 10.2. The van der Waals surface area contributed by atoms with Gasteiger partial charge in [-0.05, 0) is 37.5 Å². The summed E-state index contributed by atoms with van der Waals surface area (Å²) >= 11 is 0. The molecule has 26 heavy (non-hydrogen) atoms. The van der Waals surface area contributed by atoms with Crippen molar-refractivity contribution in [3.8, 4) is 0 Å². The molecule has 1 saturated heterocycles. The summed E-state index contributed by atoms with van der Waals surface area (Å²) in [5, 5.41) is 6.82. The second-order valence-corrected chi connectivity index (χ2v) is 9.04. The minimum Gasteiger partial charge on any atom is -0.320 e. The van der Waals surface area contributed by atoms with Crippen molar-refractivity contribution < 1.29 is 22.0 Å². The van der Waals surface area contributed by atoms with Gasteiger partial charge in [0.15, 0.2) is 27.2 Å². The molecule has 2 aromatic rings. The van der Waals surface area contributed by atoms with Gasteiger partial charge in [0, 0.05) is 23.4 Å². The number of hydrogen-bond donors (Lipinski definition) is 1. The van der Waals surface area contributed by atoms with E-state index in [2.05, 4.69) is 10.4 Å². The van der Waals surface area contributed by atoms with Gasteiger partial charge in [-0.2, -0.15) is 5.10 Å². The van der Waals surface area contributed by atoms with Crippen LogP contribution in [0.4, 0.5) is 14.5 Å². The molecule has 0 spiro atoms. The number of carbonyl (C=O) groups excluding carboxylic acids is 1. The van der Waals surface area contributed by atoms with E-state index in [1.54, 1.807) is 10.7 Å². The van der Waals surface area contributed by atoms with E-state index in [0.717, 1.165) is 30.7 Å². The predicted octanol–water partition coefficient (Wildman–Crippen LogP) is 2.65. The topological polar surface area (TPSA) is 81.1 Å². The highest BCUT2D eigenvalue weighted by Crippen LogP contribution is 2.42. The van der Waals surface area contributed by atoms with Gasteiger partial charge in [-0.15, -0.1) is 0 Å². The molecule has 9 heteroatoms. The van der Waals surface area contributed by atoms with Crippen LogP contribution in [0.15, 0.2) is 24.3 Å². The summed E-state index contributed by atoms with van der Waals surface area (Å²) < 4.78 is 51.5. The van der Waals surface area contributed by atoms with E-state index in [4.69, 9.17) is 0 Å². The number of amides is 1. The van der Waals surface area contributed by atoms with E-state index in [0.29, 0.717) is 6.42 Å².